The molecule has 1 heterocycles. The molecule has 0 spiro atoms. The van der Waals surface area contributed by atoms with Gasteiger partial charge in [-0.25, -0.2) is 4.79 Å². The van der Waals surface area contributed by atoms with Gasteiger partial charge < -0.3 is 20.7 Å². The van der Waals surface area contributed by atoms with Crippen LogP contribution in [0.1, 0.15) is 13.3 Å². The molecular weight excluding hydrogens is 182 g/mol. The highest BCUT2D eigenvalue weighted by atomic mass is 16.5. The fraction of sp³-hybridized carbons (Fsp3) is 0.889. The molecule has 0 radical (unpaired) electrons. The van der Waals surface area contributed by atoms with Gasteiger partial charge in [0.15, 0.2) is 0 Å². The maximum absolute atomic E-state index is 11.4. The topological polar surface area (TPSA) is 67.6 Å². The van der Waals surface area contributed by atoms with E-state index in [0.717, 1.165) is 19.5 Å². The average molecular weight is 199 g/mol. The lowest BCUT2D eigenvalue weighted by Gasteiger charge is -2.46. The van der Waals surface area contributed by atoms with Crippen LogP contribution in [0.4, 0.5) is 4.79 Å². The van der Waals surface area contributed by atoms with Gasteiger partial charge in [0.25, 0.3) is 0 Å². The molecule has 1 aliphatic heterocycles. The molecule has 2 fully saturated rings. The van der Waals surface area contributed by atoms with Crippen molar-refractivity contribution in [3.63, 3.8) is 0 Å². The standard InChI is InChI=1S/C9H17N3O2/c1-2-14-7-5-6(10)8(7)12-4-3-11-9(12)13/h6-8H,2-5,10H2,1H3,(H,11,13). The van der Waals surface area contributed by atoms with Crippen LogP contribution in [-0.4, -0.2) is 48.8 Å². The number of hydrogen-bond acceptors (Lipinski definition) is 3. The van der Waals surface area contributed by atoms with Gasteiger partial charge in [-0.05, 0) is 13.3 Å². The number of rotatable bonds is 3. The van der Waals surface area contributed by atoms with Crippen molar-refractivity contribution in [2.45, 2.75) is 31.5 Å². The van der Waals surface area contributed by atoms with E-state index in [1.54, 1.807) is 4.90 Å². The third kappa shape index (κ3) is 1.46. The Bertz CT molecular complexity index is 232. The minimum Gasteiger partial charge on any atom is -0.376 e. The molecule has 5 nitrogen and oxygen atoms in total. The maximum Gasteiger partial charge on any atom is 0.317 e. The zero-order valence-corrected chi connectivity index (χ0v) is 8.40. The van der Waals surface area contributed by atoms with Crippen LogP contribution in [0.2, 0.25) is 0 Å². The Balaban J connectivity index is 1.97. The first kappa shape index (κ1) is 9.73. The highest BCUT2D eigenvalue weighted by molar-refractivity contribution is 5.76. The van der Waals surface area contributed by atoms with Crippen molar-refractivity contribution >= 4 is 6.03 Å². The summed E-state index contributed by atoms with van der Waals surface area (Å²) in [7, 11) is 0. The molecule has 2 amide bonds. The van der Waals surface area contributed by atoms with E-state index in [1.807, 2.05) is 6.92 Å². The zero-order valence-electron chi connectivity index (χ0n) is 8.40. The van der Waals surface area contributed by atoms with Gasteiger partial charge in [0.05, 0.1) is 12.1 Å². The molecule has 0 aromatic heterocycles. The monoisotopic (exact) mass is 199 g/mol. The average Bonchev–Trinajstić information content (AvgIpc) is 2.52. The van der Waals surface area contributed by atoms with Gasteiger partial charge in [0, 0.05) is 25.7 Å². The molecule has 1 saturated heterocycles. The molecule has 0 aromatic carbocycles. The van der Waals surface area contributed by atoms with Crippen molar-refractivity contribution < 1.29 is 9.53 Å². The number of amides is 2. The third-order valence-corrected chi connectivity index (χ3v) is 2.95. The number of hydrogen-bond donors (Lipinski definition) is 2. The molecule has 0 aromatic rings. The summed E-state index contributed by atoms with van der Waals surface area (Å²) >= 11 is 0. The van der Waals surface area contributed by atoms with Gasteiger partial charge in [0.1, 0.15) is 0 Å². The number of ether oxygens (including phenoxy) is 1. The second kappa shape index (κ2) is 3.74. The van der Waals surface area contributed by atoms with E-state index in [2.05, 4.69) is 5.32 Å². The van der Waals surface area contributed by atoms with Gasteiger partial charge >= 0.3 is 6.03 Å². The van der Waals surface area contributed by atoms with Crippen LogP contribution in [0.15, 0.2) is 0 Å². The summed E-state index contributed by atoms with van der Waals surface area (Å²) in [6, 6.07) is 0.155. The maximum atomic E-state index is 11.4. The quantitative estimate of drug-likeness (QED) is 0.645. The van der Waals surface area contributed by atoms with E-state index >= 15 is 0 Å². The zero-order chi connectivity index (χ0) is 10.1. The second-order valence-electron chi connectivity index (χ2n) is 3.81. The van der Waals surface area contributed by atoms with Crippen LogP contribution in [0, 0.1) is 0 Å². The molecule has 3 atom stereocenters. The summed E-state index contributed by atoms with van der Waals surface area (Å²) in [4.78, 5) is 13.2. The SMILES string of the molecule is CCOC1CC(N)C1N1CCNC1=O. The molecule has 3 unspecified atom stereocenters. The van der Waals surface area contributed by atoms with Gasteiger partial charge in [0.2, 0.25) is 0 Å². The van der Waals surface area contributed by atoms with E-state index in [9.17, 15) is 4.79 Å². The van der Waals surface area contributed by atoms with Crippen molar-refractivity contribution in [2.75, 3.05) is 19.7 Å². The Labute approximate surface area is 83.6 Å². The summed E-state index contributed by atoms with van der Waals surface area (Å²) in [5.74, 6) is 0. The van der Waals surface area contributed by atoms with E-state index in [4.69, 9.17) is 10.5 Å². The molecule has 0 bridgehead atoms. The summed E-state index contributed by atoms with van der Waals surface area (Å²) in [6.45, 7) is 4.12. The fourth-order valence-corrected chi connectivity index (χ4v) is 2.21. The summed E-state index contributed by atoms with van der Waals surface area (Å²) in [5.41, 5.74) is 5.88. The van der Waals surface area contributed by atoms with E-state index in [1.165, 1.54) is 0 Å². The predicted octanol–water partition coefficient (Wildman–Crippen LogP) is -0.484. The van der Waals surface area contributed by atoms with Crippen molar-refractivity contribution in [2.24, 2.45) is 5.73 Å². The summed E-state index contributed by atoms with van der Waals surface area (Å²) in [5, 5.41) is 2.78. The number of urea groups is 1. The first-order valence-corrected chi connectivity index (χ1v) is 5.15. The number of nitrogens with zero attached hydrogens (tertiary/aromatic N) is 1. The highest BCUT2D eigenvalue weighted by Gasteiger charge is 2.46. The molecule has 80 valence electrons. The van der Waals surface area contributed by atoms with Crippen molar-refractivity contribution in [1.29, 1.82) is 0 Å². The smallest absolute Gasteiger partial charge is 0.317 e. The first-order chi connectivity index (χ1) is 6.74. The molecule has 2 aliphatic rings. The fourth-order valence-electron chi connectivity index (χ4n) is 2.21. The number of carbonyl (C=O) groups is 1. The molecule has 14 heavy (non-hydrogen) atoms. The third-order valence-electron chi connectivity index (χ3n) is 2.95. The molecule has 1 aliphatic carbocycles. The molecule has 3 N–H and O–H groups in total. The van der Waals surface area contributed by atoms with Crippen LogP contribution in [0.3, 0.4) is 0 Å². The Kier molecular flexibility index (Phi) is 2.60. The summed E-state index contributed by atoms with van der Waals surface area (Å²) < 4.78 is 5.52. The van der Waals surface area contributed by atoms with Crippen LogP contribution in [-0.2, 0) is 4.74 Å². The largest absolute Gasteiger partial charge is 0.376 e. The van der Waals surface area contributed by atoms with Crippen molar-refractivity contribution in [3.8, 4) is 0 Å². The Morgan fingerprint density at radius 1 is 1.71 bits per heavy atom. The first-order valence-electron chi connectivity index (χ1n) is 5.15. The van der Waals surface area contributed by atoms with Gasteiger partial charge in [-0.15, -0.1) is 0 Å². The molecule has 1 saturated carbocycles. The van der Waals surface area contributed by atoms with E-state index < -0.39 is 0 Å². The van der Waals surface area contributed by atoms with Crippen molar-refractivity contribution in [3.05, 3.63) is 0 Å². The van der Waals surface area contributed by atoms with Crippen molar-refractivity contribution in [1.82, 2.24) is 10.2 Å². The lowest BCUT2D eigenvalue weighted by molar-refractivity contribution is -0.0621. The van der Waals surface area contributed by atoms with Gasteiger partial charge in [-0.2, -0.15) is 0 Å². The van der Waals surface area contributed by atoms with E-state index in [0.29, 0.717) is 6.61 Å². The normalized spacial score (nSPS) is 36.9. The predicted molar refractivity (Wildman–Crippen MR) is 51.9 cm³/mol. The minimum absolute atomic E-state index is 0.00477. The highest BCUT2D eigenvalue weighted by Crippen LogP contribution is 2.28. The molecule has 5 heteroatoms. The Hall–Kier alpha value is -0.810. The van der Waals surface area contributed by atoms with E-state index in [-0.39, 0.29) is 24.2 Å². The lowest BCUT2D eigenvalue weighted by atomic mass is 9.82. The number of nitrogens with two attached hydrogens (primary N) is 1. The Morgan fingerprint density at radius 2 is 2.50 bits per heavy atom. The number of carbonyl (C=O) groups excluding carboxylic acids is 1. The van der Waals surface area contributed by atoms with Crippen LogP contribution >= 0.6 is 0 Å². The van der Waals surface area contributed by atoms with Crippen LogP contribution in [0.25, 0.3) is 0 Å². The van der Waals surface area contributed by atoms with Gasteiger partial charge in [-0.3, -0.25) is 0 Å². The lowest BCUT2D eigenvalue weighted by Crippen LogP contribution is -2.65. The molecule has 2 rings (SSSR count). The minimum atomic E-state index is -0.00477. The van der Waals surface area contributed by atoms with Crippen LogP contribution in [0.5, 0.6) is 0 Å². The summed E-state index contributed by atoms with van der Waals surface area (Å²) in [6.07, 6.45) is 1.00. The second-order valence-corrected chi connectivity index (χ2v) is 3.81. The Morgan fingerprint density at radius 3 is 3.00 bits per heavy atom. The molecular formula is C9H17N3O2. The number of nitrogens with one attached hydrogen (secondary N) is 1. The van der Waals surface area contributed by atoms with Gasteiger partial charge in [-0.1, -0.05) is 0 Å². The van der Waals surface area contributed by atoms with Crippen LogP contribution < -0.4 is 11.1 Å².